The van der Waals surface area contributed by atoms with Crippen molar-refractivity contribution in [3.63, 3.8) is 0 Å². The molecule has 0 aliphatic heterocycles. The molecule has 0 aliphatic carbocycles. The van der Waals surface area contributed by atoms with E-state index in [2.05, 4.69) is 25.0 Å². The van der Waals surface area contributed by atoms with Gasteiger partial charge in [-0.1, -0.05) is 37.8 Å². The smallest absolute Gasteiger partial charge is 0.325 e. The normalized spacial score (nSPS) is 10.9. The van der Waals surface area contributed by atoms with E-state index in [1.807, 2.05) is 30.3 Å². The van der Waals surface area contributed by atoms with Crippen LogP contribution in [0.2, 0.25) is 19.6 Å². The van der Waals surface area contributed by atoms with Crippen LogP contribution < -0.4 is 5.32 Å². The van der Waals surface area contributed by atoms with Crippen molar-refractivity contribution in [2.45, 2.75) is 19.6 Å². The second kappa shape index (κ2) is 5.70. The maximum atomic E-state index is 11.4. The van der Waals surface area contributed by atoms with Gasteiger partial charge in [-0.25, -0.2) is 0 Å². The average Bonchev–Trinajstić information content (AvgIpc) is 2.24. The number of ether oxygens (including phenoxy) is 1. The van der Waals surface area contributed by atoms with Crippen LogP contribution in [0.4, 0.5) is 5.69 Å². The van der Waals surface area contributed by atoms with E-state index in [1.165, 1.54) is 0 Å². The van der Waals surface area contributed by atoms with Gasteiger partial charge in [0.15, 0.2) is 0 Å². The molecule has 0 aromatic heterocycles. The number of hydrogen-bond acceptors (Lipinski definition) is 3. The molecule has 0 atom stereocenters. The summed E-state index contributed by atoms with van der Waals surface area (Å²) in [5.41, 5.74) is 0.937. The molecule has 4 heteroatoms. The highest BCUT2D eigenvalue weighted by atomic mass is 28.3. The number of carbonyl (C=O) groups excluding carboxylic acids is 1. The number of benzene rings is 1. The molecule has 0 saturated carbocycles. The zero-order valence-electron chi connectivity index (χ0n) is 10.1. The van der Waals surface area contributed by atoms with E-state index in [9.17, 15) is 4.79 Å². The molecule has 3 nitrogen and oxygen atoms in total. The predicted octanol–water partition coefficient (Wildman–Crippen LogP) is 2.52. The number of rotatable bonds is 5. The molecule has 16 heavy (non-hydrogen) atoms. The van der Waals surface area contributed by atoms with Crippen molar-refractivity contribution < 1.29 is 9.53 Å². The van der Waals surface area contributed by atoms with Crippen LogP contribution in [0.25, 0.3) is 0 Å². The van der Waals surface area contributed by atoms with Crippen molar-refractivity contribution >= 4 is 19.7 Å². The molecule has 0 bridgehead atoms. The van der Waals surface area contributed by atoms with Crippen LogP contribution in [0.1, 0.15) is 0 Å². The fraction of sp³-hybridized carbons (Fsp3) is 0.417. The van der Waals surface area contributed by atoms with E-state index in [4.69, 9.17) is 4.74 Å². The van der Waals surface area contributed by atoms with Crippen LogP contribution in [0.3, 0.4) is 0 Å². The van der Waals surface area contributed by atoms with Crippen molar-refractivity contribution in [2.75, 3.05) is 18.1 Å². The Balaban J connectivity index is 2.26. The van der Waals surface area contributed by atoms with Crippen molar-refractivity contribution in [1.29, 1.82) is 0 Å². The average molecular weight is 237 g/mol. The summed E-state index contributed by atoms with van der Waals surface area (Å²) in [5.74, 6) is -0.189. The molecule has 0 spiro atoms. The standard InChI is InChI=1S/C12H19NO2Si/c1-16(2,3)10-15-12(14)9-13-11-7-5-4-6-8-11/h4-8,13H,9-10H2,1-3H3. The second-order valence-electron chi connectivity index (χ2n) is 4.94. The summed E-state index contributed by atoms with van der Waals surface area (Å²) in [6, 6.07) is 9.64. The molecule has 0 saturated heterocycles. The Morgan fingerprint density at radius 1 is 1.25 bits per heavy atom. The Bertz CT molecular complexity index is 333. The van der Waals surface area contributed by atoms with Crippen molar-refractivity contribution in [1.82, 2.24) is 0 Å². The van der Waals surface area contributed by atoms with E-state index >= 15 is 0 Å². The molecular formula is C12H19NO2Si. The summed E-state index contributed by atoms with van der Waals surface area (Å²) in [5, 5.41) is 3.02. The Morgan fingerprint density at radius 2 is 1.88 bits per heavy atom. The van der Waals surface area contributed by atoms with Crippen LogP contribution in [0.15, 0.2) is 30.3 Å². The van der Waals surface area contributed by atoms with E-state index < -0.39 is 8.07 Å². The minimum Gasteiger partial charge on any atom is -0.468 e. The summed E-state index contributed by atoms with van der Waals surface area (Å²) in [6.45, 7) is 6.75. The van der Waals surface area contributed by atoms with Crippen molar-refractivity contribution in [3.05, 3.63) is 30.3 Å². The molecule has 0 amide bonds. The van der Waals surface area contributed by atoms with E-state index in [0.717, 1.165) is 5.69 Å². The minimum atomic E-state index is -1.30. The number of nitrogens with one attached hydrogen (secondary N) is 1. The number of hydrogen-bond donors (Lipinski definition) is 1. The maximum absolute atomic E-state index is 11.4. The summed E-state index contributed by atoms with van der Waals surface area (Å²) in [7, 11) is -1.30. The van der Waals surface area contributed by atoms with Gasteiger partial charge in [0.05, 0.1) is 14.3 Å². The fourth-order valence-corrected chi connectivity index (χ4v) is 1.67. The first-order valence-corrected chi connectivity index (χ1v) is 9.13. The third-order valence-electron chi connectivity index (χ3n) is 1.88. The van der Waals surface area contributed by atoms with E-state index in [0.29, 0.717) is 6.23 Å². The summed E-state index contributed by atoms with van der Waals surface area (Å²) < 4.78 is 5.19. The summed E-state index contributed by atoms with van der Waals surface area (Å²) >= 11 is 0. The molecule has 1 N–H and O–H groups in total. The van der Waals surface area contributed by atoms with Gasteiger partial charge >= 0.3 is 5.97 Å². The molecule has 0 aliphatic rings. The molecule has 1 aromatic rings. The lowest BCUT2D eigenvalue weighted by atomic mass is 10.3. The Labute approximate surface area is 97.8 Å². The van der Waals surface area contributed by atoms with Crippen LogP contribution in [0, 0.1) is 0 Å². The van der Waals surface area contributed by atoms with Crippen molar-refractivity contribution in [2.24, 2.45) is 0 Å². The molecular weight excluding hydrogens is 218 g/mol. The highest BCUT2D eigenvalue weighted by Crippen LogP contribution is 2.05. The monoisotopic (exact) mass is 237 g/mol. The fourth-order valence-electron chi connectivity index (χ4n) is 1.08. The Morgan fingerprint density at radius 3 is 2.44 bits per heavy atom. The predicted molar refractivity (Wildman–Crippen MR) is 69.2 cm³/mol. The molecule has 0 heterocycles. The molecule has 0 fully saturated rings. The number of carbonyl (C=O) groups is 1. The van der Waals surface area contributed by atoms with Gasteiger partial charge in [-0.15, -0.1) is 0 Å². The first-order chi connectivity index (χ1) is 7.47. The van der Waals surface area contributed by atoms with E-state index in [1.54, 1.807) is 0 Å². The van der Waals surface area contributed by atoms with E-state index in [-0.39, 0.29) is 12.5 Å². The van der Waals surface area contributed by atoms with Gasteiger partial charge in [-0.05, 0) is 12.1 Å². The third kappa shape index (κ3) is 5.55. The Kier molecular flexibility index (Phi) is 4.55. The molecule has 0 radical (unpaired) electrons. The van der Waals surface area contributed by atoms with Gasteiger partial charge in [0.1, 0.15) is 6.54 Å². The lowest BCUT2D eigenvalue weighted by Gasteiger charge is -2.15. The first-order valence-electron chi connectivity index (χ1n) is 5.42. The maximum Gasteiger partial charge on any atom is 0.325 e. The molecule has 1 rings (SSSR count). The zero-order valence-corrected chi connectivity index (χ0v) is 11.1. The van der Waals surface area contributed by atoms with Gasteiger partial charge in [0, 0.05) is 5.69 Å². The summed E-state index contributed by atoms with van der Waals surface area (Å²) in [4.78, 5) is 11.4. The lowest BCUT2D eigenvalue weighted by molar-refractivity contribution is -0.139. The highest BCUT2D eigenvalue weighted by molar-refractivity contribution is 6.76. The molecule has 88 valence electrons. The van der Waals surface area contributed by atoms with Crippen LogP contribution in [-0.4, -0.2) is 26.8 Å². The van der Waals surface area contributed by atoms with Gasteiger partial charge < -0.3 is 10.1 Å². The zero-order chi connectivity index (χ0) is 12.0. The van der Waals surface area contributed by atoms with Gasteiger partial charge in [-0.3, -0.25) is 4.79 Å². The second-order valence-corrected chi connectivity index (χ2v) is 10.4. The van der Waals surface area contributed by atoms with Crippen LogP contribution in [0.5, 0.6) is 0 Å². The van der Waals surface area contributed by atoms with Gasteiger partial charge in [0.25, 0.3) is 0 Å². The molecule has 0 unspecified atom stereocenters. The third-order valence-corrected chi connectivity index (χ3v) is 2.89. The highest BCUT2D eigenvalue weighted by Gasteiger charge is 2.15. The molecule has 1 aromatic carbocycles. The van der Waals surface area contributed by atoms with Crippen molar-refractivity contribution in [3.8, 4) is 0 Å². The van der Waals surface area contributed by atoms with Gasteiger partial charge in [0.2, 0.25) is 0 Å². The topological polar surface area (TPSA) is 38.3 Å². The quantitative estimate of drug-likeness (QED) is 0.631. The minimum absolute atomic E-state index is 0.189. The number of para-hydroxylation sites is 1. The summed E-state index contributed by atoms with van der Waals surface area (Å²) in [6.07, 6.45) is 0.586. The Hall–Kier alpha value is -1.29. The number of esters is 1. The van der Waals surface area contributed by atoms with Gasteiger partial charge in [-0.2, -0.15) is 0 Å². The first kappa shape index (κ1) is 12.8. The SMILES string of the molecule is C[Si](C)(C)COC(=O)CNc1ccccc1. The van der Waals surface area contributed by atoms with Crippen LogP contribution in [-0.2, 0) is 9.53 Å². The largest absolute Gasteiger partial charge is 0.468 e. The number of anilines is 1. The van der Waals surface area contributed by atoms with Crippen LogP contribution >= 0.6 is 0 Å². The lowest BCUT2D eigenvalue weighted by Crippen LogP contribution is -2.31.